The van der Waals surface area contributed by atoms with Crippen molar-refractivity contribution in [3.63, 3.8) is 0 Å². The van der Waals surface area contributed by atoms with E-state index in [9.17, 15) is 8.42 Å². The van der Waals surface area contributed by atoms with Gasteiger partial charge in [0, 0.05) is 21.1 Å². The lowest BCUT2D eigenvalue weighted by Gasteiger charge is -2.03. The smallest absolute Gasteiger partial charge is 0.207 e. The molecule has 0 aliphatic carbocycles. The molecular formula is C10H7ClO2S3. The second-order valence-corrected chi connectivity index (χ2v) is 7.00. The van der Waals surface area contributed by atoms with E-state index in [0.717, 1.165) is 10.5 Å². The third kappa shape index (κ3) is 2.27. The van der Waals surface area contributed by atoms with Gasteiger partial charge in [0.2, 0.25) is 0 Å². The molecule has 0 bridgehead atoms. The zero-order chi connectivity index (χ0) is 11.8. The second kappa shape index (κ2) is 4.41. The van der Waals surface area contributed by atoms with E-state index in [1.54, 1.807) is 5.38 Å². The number of thiol groups is 1. The van der Waals surface area contributed by atoms with Crippen molar-refractivity contribution in [1.82, 2.24) is 0 Å². The lowest BCUT2D eigenvalue weighted by Crippen LogP contribution is -1.90. The molecule has 0 spiro atoms. The molecule has 0 amide bonds. The minimum atomic E-state index is -3.71. The second-order valence-electron chi connectivity index (χ2n) is 3.07. The third-order valence-corrected chi connectivity index (χ3v) is 4.87. The van der Waals surface area contributed by atoms with Gasteiger partial charge in [-0.1, -0.05) is 18.2 Å². The molecule has 2 aromatic rings. The first kappa shape index (κ1) is 12.0. The van der Waals surface area contributed by atoms with Crippen molar-refractivity contribution < 1.29 is 8.42 Å². The van der Waals surface area contributed by atoms with Gasteiger partial charge in [-0.05, 0) is 17.5 Å². The first-order valence-corrected chi connectivity index (χ1v) is 7.94. The molecule has 1 aromatic carbocycles. The van der Waals surface area contributed by atoms with Crippen LogP contribution < -0.4 is 0 Å². The van der Waals surface area contributed by atoms with E-state index in [1.807, 2.05) is 24.3 Å². The summed E-state index contributed by atoms with van der Waals surface area (Å²) >= 11 is 5.63. The van der Waals surface area contributed by atoms with Crippen LogP contribution >= 0.6 is 34.6 Å². The average molecular weight is 291 g/mol. The van der Waals surface area contributed by atoms with Crippen molar-refractivity contribution in [2.24, 2.45) is 0 Å². The van der Waals surface area contributed by atoms with Crippen LogP contribution in [-0.4, -0.2) is 8.42 Å². The van der Waals surface area contributed by atoms with Crippen LogP contribution in [0.2, 0.25) is 0 Å². The fourth-order valence-electron chi connectivity index (χ4n) is 1.35. The minimum absolute atomic E-state index is 0.140. The topological polar surface area (TPSA) is 34.1 Å². The minimum Gasteiger partial charge on any atom is -0.207 e. The largest absolute Gasteiger partial charge is 0.262 e. The molecule has 0 aliphatic rings. The molecule has 1 heterocycles. The lowest BCUT2D eigenvalue weighted by atomic mass is 10.2. The summed E-state index contributed by atoms with van der Waals surface area (Å²) in [5.41, 5.74) is 0.778. The Bertz CT molecular complexity index is 616. The van der Waals surface area contributed by atoms with Gasteiger partial charge in [0.05, 0.1) is 4.88 Å². The van der Waals surface area contributed by atoms with Gasteiger partial charge >= 0.3 is 0 Å². The van der Waals surface area contributed by atoms with Crippen LogP contribution in [-0.2, 0) is 9.05 Å². The van der Waals surface area contributed by atoms with E-state index < -0.39 is 9.05 Å². The molecule has 2 rings (SSSR count). The van der Waals surface area contributed by atoms with E-state index >= 15 is 0 Å². The van der Waals surface area contributed by atoms with Crippen LogP contribution in [0.1, 0.15) is 0 Å². The maximum Gasteiger partial charge on any atom is 0.262 e. The van der Waals surface area contributed by atoms with Gasteiger partial charge in [-0.3, -0.25) is 0 Å². The van der Waals surface area contributed by atoms with Crippen LogP contribution in [0.15, 0.2) is 45.5 Å². The Morgan fingerprint density at radius 3 is 2.50 bits per heavy atom. The number of benzene rings is 1. The van der Waals surface area contributed by atoms with Crippen LogP contribution in [0, 0.1) is 0 Å². The van der Waals surface area contributed by atoms with Crippen molar-refractivity contribution in [2.45, 2.75) is 9.79 Å². The number of rotatable bonds is 2. The maximum absolute atomic E-state index is 11.3. The van der Waals surface area contributed by atoms with Gasteiger partial charge in [0.25, 0.3) is 9.05 Å². The fraction of sp³-hybridized carbons (Fsp3) is 0. The zero-order valence-electron chi connectivity index (χ0n) is 7.92. The van der Waals surface area contributed by atoms with Crippen molar-refractivity contribution in [3.8, 4) is 10.4 Å². The molecule has 0 fully saturated rings. The van der Waals surface area contributed by atoms with E-state index in [-0.39, 0.29) is 4.90 Å². The summed E-state index contributed by atoms with van der Waals surface area (Å²) < 4.78 is 22.7. The number of thiophene rings is 1. The fourth-order valence-corrected chi connectivity index (χ4v) is 4.17. The summed E-state index contributed by atoms with van der Waals surface area (Å²) in [5, 5.41) is 1.70. The predicted octanol–water partition coefficient (Wildman–Crippen LogP) is 3.63. The monoisotopic (exact) mass is 290 g/mol. The van der Waals surface area contributed by atoms with E-state index in [4.69, 9.17) is 10.7 Å². The summed E-state index contributed by atoms with van der Waals surface area (Å²) in [7, 11) is 1.65. The maximum atomic E-state index is 11.3. The van der Waals surface area contributed by atoms with E-state index in [2.05, 4.69) is 12.6 Å². The molecule has 1 aromatic heterocycles. The van der Waals surface area contributed by atoms with E-state index in [1.165, 1.54) is 17.4 Å². The Morgan fingerprint density at radius 2 is 1.88 bits per heavy atom. The average Bonchev–Trinajstić information content (AvgIpc) is 2.66. The summed E-state index contributed by atoms with van der Waals surface area (Å²) in [4.78, 5) is 1.49. The highest BCUT2D eigenvalue weighted by atomic mass is 35.7. The molecule has 2 nitrogen and oxygen atoms in total. The Labute approximate surface area is 108 Å². The SMILES string of the molecule is O=S(=O)(Cl)c1ccsc1-c1ccccc1S. The van der Waals surface area contributed by atoms with Gasteiger partial charge in [-0.2, -0.15) is 0 Å². The van der Waals surface area contributed by atoms with Crippen molar-refractivity contribution in [3.05, 3.63) is 35.7 Å². The van der Waals surface area contributed by atoms with Crippen LogP contribution in [0.3, 0.4) is 0 Å². The molecular weight excluding hydrogens is 284 g/mol. The Hall–Kier alpha value is -0.490. The molecule has 0 radical (unpaired) electrons. The van der Waals surface area contributed by atoms with E-state index in [0.29, 0.717) is 4.88 Å². The Kier molecular flexibility index (Phi) is 3.30. The molecule has 0 saturated carbocycles. The van der Waals surface area contributed by atoms with Crippen LogP contribution in [0.5, 0.6) is 0 Å². The molecule has 16 heavy (non-hydrogen) atoms. The van der Waals surface area contributed by atoms with Gasteiger partial charge in [0.15, 0.2) is 0 Å². The first-order valence-electron chi connectivity index (χ1n) is 4.30. The summed E-state index contributed by atoms with van der Waals surface area (Å²) in [6, 6.07) is 8.80. The summed E-state index contributed by atoms with van der Waals surface area (Å²) in [6.45, 7) is 0. The highest BCUT2D eigenvalue weighted by Crippen LogP contribution is 2.37. The Morgan fingerprint density at radius 1 is 1.19 bits per heavy atom. The normalized spacial score (nSPS) is 11.6. The standard InChI is InChI=1S/C10H7ClO2S3/c11-16(12,13)9-5-6-15-10(9)7-3-1-2-4-8(7)14/h1-6,14H. The highest BCUT2D eigenvalue weighted by Gasteiger charge is 2.19. The summed E-state index contributed by atoms with van der Waals surface area (Å²) in [5.74, 6) is 0. The van der Waals surface area contributed by atoms with Crippen molar-refractivity contribution in [1.29, 1.82) is 0 Å². The molecule has 0 atom stereocenters. The lowest BCUT2D eigenvalue weighted by molar-refractivity contribution is 0.610. The van der Waals surface area contributed by atoms with Crippen molar-refractivity contribution in [2.75, 3.05) is 0 Å². The number of hydrogen-bond donors (Lipinski definition) is 1. The molecule has 84 valence electrons. The summed E-state index contributed by atoms with van der Waals surface area (Å²) in [6.07, 6.45) is 0. The van der Waals surface area contributed by atoms with Gasteiger partial charge in [-0.25, -0.2) is 8.42 Å². The highest BCUT2D eigenvalue weighted by molar-refractivity contribution is 8.14. The Balaban J connectivity index is 2.68. The van der Waals surface area contributed by atoms with Crippen LogP contribution in [0.4, 0.5) is 0 Å². The predicted molar refractivity (Wildman–Crippen MR) is 70.0 cm³/mol. The molecule has 0 unspecified atom stereocenters. The number of halogens is 1. The molecule has 0 N–H and O–H groups in total. The molecule has 0 aliphatic heterocycles. The van der Waals surface area contributed by atoms with Crippen LogP contribution in [0.25, 0.3) is 10.4 Å². The quantitative estimate of drug-likeness (QED) is 0.677. The van der Waals surface area contributed by atoms with Gasteiger partial charge < -0.3 is 0 Å². The molecule has 6 heteroatoms. The zero-order valence-corrected chi connectivity index (χ0v) is 11.2. The third-order valence-electron chi connectivity index (χ3n) is 2.04. The van der Waals surface area contributed by atoms with Gasteiger partial charge in [-0.15, -0.1) is 24.0 Å². The van der Waals surface area contributed by atoms with Gasteiger partial charge in [0.1, 0.15) is 4.90 Å². The van der Waals surface area contributed by atoms with Crippen molar-refractivity contribution >= 4 is 43.7 Å². The first-order chi connectivity index (χ1) is 7.50. The number of hydrogen-bond acceptors (Lipinski definition) is 4. The molecule has 0 saturated heterocycles.